The van der Waals surface area contributed by atoms with Crippen LogP contribution in [0.25, 0.3) is 0 Å². The molecule has 0 atom stereocenters. The standard InChI is InChI=1S/C6H17N5/c1-10(2)4-3-5-11(9)6(7)8/h3-5,9H2,1-2H3,(H3,7,8). The minimum absolute atomic E-state index is 0.0799. The van der Waals surface area contributed by atoms with Crippen LogP contribution in [0.3, 0.4) is 0 Å². The van der Waals surface area contributed by atoms with E-state index in [9.17, 15) is 0 Å². The Kier molecular flexibility index (Phi) is 4.56. The molecule has 0 radical (unpaired) electrons. The van der Waals surface area contributed by atoms with Gasteiger partial charge in [0.2, 0.25) is 5.96 Å². The number of hydrazine groups is 1. The van der Waals surface area contributed by atoms with Gasteiger partial charge in [0, 0.05) is 6.54 Å². The highest BCUT2D eigenvalue weighted by atomic mass is 15.4. The second-order valence-corrected chi connectivity index (χ2v) is 2.74. The minimum Gasteiger partial charge on any atom is -0.369 e. The van der Waals surface area contributed by atoms with Gasteiger partial charge in [-0.2, -0.15) is 0 Å². The lowest BCUT2D eigenvalue weighted by molar-refractivity contribution is 0.350. The predicted octanol–water partition coefficient (Wildman–Crippen LogP) is -0.993. The fourth-order valence-corrected chi connectivity index (χ4v) is 0.678. The Morgan fingerprint density at radius 2 is 1.91 bits per heavy atom. The highest BCUT2D eigenvalue weighted by molar-refractivity contribution is 5.73. The van der Waals surface area contributed by atoms with E-state index in [0.717, 1.165) is 13.0 Å². The van der Waals surface area contributed by atoms with E-state index >= 15 is 0 Å². The van der Waals surface area contributed by atoms with E-state index in [1.54, 1.807) is 0 Å². The zero-order valence-corrected chi connectivity index (χ0v) is 7.17. The SMILES string of the molecule is CN(C)CCCN(N)C(=N)N. The first-order valence-electron chi connectivity index (χ1n) is 3.55. The lowest BCUT2D eigenvalue weighted by Gasteiger charge is -2.17. The third-order valence-corrected chi connectivity index (χ3v) is 1.31. The first-order chi connectivity index (χ1) is 5.04. The van der Waals surface area contributed by atoms with Crippen LogP contribution < -0.4 is 11.6 Å². The van der Waals surface area contributed by atoms with Crippen LogP contribution in [0.1, 0.15) is 6.42 Å². The van der Waals surface area contributed by atoms with Gasteiger partial charge in [-0.1, -0.05) is 0 Å². The number of nitrogens with zero attached hydrogens (tertiary/aromatic N) is 2. The normalized spacial score (nSPS) is 10.2. The molecule has 66 valence electrons. The van der Waals surface area contributed by atoms with E-state index in [2.05, 4.69) is 4.90 Å². The van der Waals surface area contributed by atoms with Crippen molar-refractivity contribution in [2.45, 2.75) is 6.42 Å². The van der Waals surface area contributed by atoms with Crippen LogP contribution in [0.15, 0.2) is 0 Å². The van der Waals surface area contributed by atoms with Crippen molar-refractivity contribution in [3.63, 3.8) is 0 Å². The summed E-state index contributed by atoms with van der Waals surface area (Å²) in [6.07, 6.45) is 0.920. The first kappa shape index (κ1) is 10.2. The van der Waals surface area contributed by atoms with Gasteiger partial charge in [0.15, 0.2) is 0 Å². The molecular weight excluding hydrogens is 142 g/mol. The molecule has 0 amide bonds. The fraction of sp³-hybridized carbons (Fsp3) is 0.833. The summed E-state index contributed by atoms with van der Waals surface area (Å²) in [6.45, 7) is 1.59. The van der Waals surface area contributed by atoms with Gasteiger partial charge in [0.05, 0.1) is 0 Å². The summed E-state index contributed by atoms with van der Waals surface area (Å²) < 4.78 is 0. The molecule has 5 N–H and O–H groups in total. The van der Waals surface area contributed by atoms with E-state index in [1.807, 2.05) is 14.1 Å². The van der Waals surface area contributed by atoms with E-state index in [1.165, 1.54) is 5.01 Å². The second-order valence-electron chi connectivity index (χ2n) is 2.74. The third-order valence-electron chi connectivity index (χ3n) is 1.31. The summed E-state index contributed by atoms with van der Waals surface area (Å²) in [5.41, 5.74) is 5.12. The van der Waals surface area contributed by atoms with Crippen molar-refractivity contribution in [1.29, 1.82) is 5.41 Å². The second kappa shape index (κ2) is 4.92. The van der Waals surface area contributed by atoms with Crippen LogP contribution in [-0.4, -0.2) is 43.1 Å². The molecule has 0 aliphatic heterocycles. The Hall–Kier alpha value is -0.810. The Morgan fingerprint density at radius 3 is 2.27 bits per heavy atom. The molecule has 0 saturated carbocycles. The lowest BCUT2D eigenvalue weighted by Crippen LogP contribution is -2.43. The van der Waals surface area contributed by atoms with Crippen molar-refractivity contribution in [3.05, 3.63) is 0 Å². The minimum atomic E-state index is -0.0799. The van der Waals surface area contributed by atoms with Gasteiger partial charge in [-0.3, -0.25) is 10.4 Å². The zero-order chi connectivity index (χ0) is 8.85. The molecule has 0 rings (SSSR count). The zero-order valence-electron chi connectivity index (χ0n) is 7.17. The molecule has 0 heterocycles. The number of hydrogen-bond acceptors (Lipinski definition) is 3. The van der Waals surface area contributed by atoms with Gasteiger partial charge in [-0.25, -0.2) is 5.84 Å². The number of guanidine groups is 1. The molecule has 0 spiro atoms. The molecule has 5 nitrogen and oxygen atoms in total. The predicted molar refractivity (Wildman–Crippen MR) is 46.0 cm³/mol. The molecule has 0 fully saturated rings. The fourth-order valence-electron chi connectivity index (χ4n) is 0.678. The monoisotopic (exact) mass is 159 g/mol. The molecule has 0 aromatic rings. The maximum absolute atomic E-state index is 6.95. The summed E-state index contributed by atoms with van der Waals surface area (Å²) in [4.78, 5) is 2.06. The molecule has 11 heavy (non-hydrogen) atoms. The Bertz CT molecular complexity index is 122. The highest BCUT2D eigenvalue weighted by Gasteiger charge is 1.98. The maximum atomic E-state index is 6.95. The Balaban J connectivity index is 3.31. The van der Waals surface area contributed by atoms with Crippen LogP contribution in [0, 0.1) is 5.41 Å². The van der Waals surface area contributed by atoms with Crippen molar-refractivity contribution in [1.82, 2.24) is 9.91 Å². The van der Waals surface area contributed by atoms with Gasteiger partial charge < -0.3 is 10.6 Å². The van der Waals surface area contributed by atoms with E-state index in [-0.39, 0.29) is 5.96 Å². The van der Waals surface area contributed by atoms with Crippen LogP contribution in [0.4, 0.5) is 0 Å². The van der Waals surface area contributed by atoms with E-state index in [0.29, 0.717) is 6.54 Å². The summed E-state index contributed by atoms with van der Waals surface area (Å²) >= 11 is 0. The molecule has 0 saturated heterocycles. The van der Waals surface area contributed by atoms with E-state index < -0.39 is 0 Å². The number of nitrogens with two attached hydrogens (primary N) is 2. The molecule has 0 aliphatic rings. The number of rotatable bonds is 4. The van der Waals surface area contributed by atoms with Crippen molar-refractivity contribution >= 4 is 5.96 Å². The topological polar surface area (TPSA) is 82.4 Å². The quantitative estimate of drug-likeness (QED) is 0.213. The Labute approximate surface area is 67.4 Å². The molecule has 0 unspecified atom stereocenters. The summed E-state index contributed by atoms with van der Waals surface area (Å²) in [5.74, 6) is 5.29. The molecule has 5 heteroatoms. The Morgan fingerprint density at radius 1 is 1.36 bits per heavy atom. The van der Waals surface area contributed by atoms with Crippen molar-refractivity contribution < 1.29 is 0 Å². The van der Waals surface area contributed by atoms with Crippen LogP contribution in [0.2, 0.25) is 0 Å². The highest BCUT2D eigenvalue weighted by Crippen LogP contribution is 1.85. The van der Waals surface area contributed by atoms with Gasteiger partial charge >= 0.3 is 0 Å². The van der Waals surface area contributed by atoms with Crippen molar-refractivity contribution in [3.8, 4) is 0 Å². The maximum Gasteiger partial charge on any atom is 0.202 e. The van der Waals surface area contributed by atoms with Gasteiger partial charge in [0.1, 0.15) is 0 Å². The molecule has 0 bridgehead atoms. The summed E-state index contributed by atoms with van der Waals surface area (Å²) in [5, 5.41) is 8.19. The molecule has 0 aliphatic carbocycles. The first-order valence-corrected chi connectivity index (χ1v) is 3.55. The van der Waals surface area contributed by atoms with Crippen molar-refractivity contribution in [2.75, 3.05) is 27.2 Å². The smallest absolute Gasteiger partial charge is 0.202 e. The summed E-state index contributed by atoms with van der Waals surface area (Å²) in [7, 11) is 3.99. The number of hydrogen-bond donors (Lipinski definition) is 3. The molecule has 0 aromatic carbocycles. The average Bonchev–Trinajstić information content (AvgIpc) is 1.86. The lowest BCUT2D eigenvalue weighted by atomic mass is 10.4. The molecular formula is C6H17N5. The largest absolute Gasteiger partial charge is 0.369 e. The number of nitrogens with one attached hydrogen (secondary N) is 1. The summed E-state index contributed by atoms with van der Waals surface area (Å²) in [6, 6.07) is 0. The van der Waals surface area contributed by atoms with Gasteiger partial charge in [-0.15, -0.1) is 0 Å². The van der Waals surface area contributed by atoms with Gasteiger partial charge in [0.25, 0.3) is 0 Å². The van der Waals surface area contributed by atoms with Gasteiger partial charge in [-0.05, 0) is 27.1 Å². The average molecular weight is 159 g/mol. The molecule has 0 aromatic heterocycles. The van der Waals surface area contributed by atoms with Crippen molar-refractivity contribution in [2.24, 2.45) is 11.6 Å². The van der Waals surface area contributed by atoms with Crippen LogP contribution in [-0.2, 0) is 0 Å². The third kappa shape index (κ3) is 5.63. The van der Waals surface area contributed by atoms with Crippen LogP contribution in [0.5, 0.6) is 0 Å². The van der Waals surface area contributed by atoms with E-state index in [4.69, 9.17) is 17.0 Å². The van der Waals surface area contributed by atoms with Crippen LogP contribution >= 0.6 is 0 Å².